The Balaban J connectivity index is 3.07. The maximum absolute atomic E-state index is 13.6. The van der Waals surface area contributed by atoms with Crippen molar-refractivity contribution in [3.63, 3.8) is 0 Å². The van der Waals surface area contributed by atoms with Crippen LogP contribution in [-0.4, -0.2) is 5.78 Å². The van der Waals surface area contributed by atoms with Crippen LogP contribution in [0.2, 0.25) is 0 Å². The maximum Gasteiger partial charge on any atom is 0.184 e. The van der Waals surface area contributed by atoms with E-state index >= 15 is 0 Å². The minimum atomic E-state index is -0.789. The van der Waals surface area contributed by atoms with Gasteiger partial charge in [-0.2, -0.15) is 5.26 Å². The zero-order valence-electron chi connectivity index (χ0n) is 9.71. The first-order valence-electron chi connectivity index (χ1n) is 5.35. The Morgan fingerprint density at radius 3 is 2.65 bits per heavy atom. The third kappa shape index (κ3) is 3.37. The summed E-state index contributed by atoms with van der Waals surface area (Å²) in [6.07, 6.45) is 0.441. The molecule has 1 aromatic carbocycles. The minimum Gasteiger partial charge on any atom is -0.293 e. The van der Waals surface area contributed by atoms with Gasteiger partial charge in [-0.1, -0.05) is 19.9 Å². The van der Waals surface area contributed by atoms with Crippen LogP contribution in [-0.2, 0) is 0 Å². The van der Waals surface area contributed by atoms with Crippen molar-refractivity contribution in [2.24, 2.45) is 11.8 Å². The lowest BCUT2D eigenvalue weighted by Crippen LogP contribution is -2.17. The van der Waals surface area contributed by atoms with Gasteiger partial charge in [-0.25, -0.2) is 4.39 Å². The Kier molecular flexibility index (Phi) is 4.83. The van der Waals surface area contributed by atoms with Crippen LogP contribution in [0.3, 0.4) is 0 Å². The monoisotopic (exact) mass is 297 g/mol. The number of hydrogen-bond acceptors (Lipinski definition) is 2. The number of nitrogens with zero attached hydrogens (tertiary/aromatic N) is 1. The molecule has 0 aromatic heterocycles. The van der Waals surface area contributed by atoms with Gasteiger partial charge in [0.15, 0.2) is 5.78 Å². The molecule has 0 bridgehead atoms. The number of Topliss-reactive ketones (excluding diaryl/α,β-unsaturated/α-hetero) is 1. The summed E-state index contributed by atoms with van der Waals surface area (Å²) in [4.78, 5) is 12.1. The lowest BCUT2D eigenvalue weighted by molar-refractivity contribution is 0.0932. The van der Waals surface area contributed by atoms with Crippen LogP contribution in [0, 0.1) is 29.0 Å². The number of carbonyl (C=O) groups excluding carboxylic acids is 1. The molecule has 0 amide bonds. The summed E-state index contributed by atoms with van der Waals surface area (Å²) in [5.41, 5.74) is -0.0281. The maximum atomic E-state index is 13.6. The quantitative estimate of drug-likeness (QED) is 0.789. The molecule has 0 N–H and O–H groups in total. The number of benzene rings is 1. The van der Waals surface area contributed by atoms with Gasteiger partial charge in [-0.15, -0.1) is 0 Å². The van der Waals surface area contributed by atoms with E-state index in [9.17, 15) is 9.18 Å². The topological polar surface area (TPSA) is 40.9 Å². The summed E-state index contributed by atoms with van der Waals surface area (Å²) >= 11 is 3.14. The predicted octanol–water partition coefficient (Wildman–Crippen LogP) is 3.96. The summed E-state index contributed by atoms with van der Waals surface area (Å²) in [5, 5.41) is 8.98. The summed E-state index contributed by atoms with van der Waals surface area (Å²) < 4.78 is 14.0. The van der Waals surface area contributed by atoms with Gasteiger partial charge < -0.3 is 0 Å². The van der Waals surface area contributed by atoms with Gasteiger partial charge in [0.2, 0.25) is 0 Å². The first-order valence-corrected chi connectivity index (χ1v) is 6.14. The molecule has 1 atom stereocenters. The van der Waals surface area contributed by atoms with E-state index in [1.54, 1.807) is 6.07 Å². The van der Waals surface area contributed by atoms with Gasteiger partial charge in [0.1, 0.15) is 11.7 Å². The molecular weight excluding hydrogens is 285 g/mol. The van der Waals surface area contributed by atoms with Gasteiger partial charge in [0, 0.05) is 4.47 Å². The SMILES string of the molecule is CC(C)CC(C#N)C(=O)c1c(F)cccc1Br. The van der Waals surface area contributed by atoms with Crippen molar-refractivity contribution < 1.29 is 9.18 Å². The number of hydrogen-bond donors (Lipinski definition) is 0. The average Bonchev–Trinajstić information content (AvgIpc) is 2.25. The molecule has 1 aromatic rings. The third-order valence-electron chi connectivity index (χ3n) is 2.39. The summed E-state index contributed by atoms with van der Waals surface area (Å²) in [6.45, 7) is 3.85. The van der Waals surface area contributed by atoms with Crippen LogP contribution in [0.15, 0.2) is 22.7 Å². The highest BCUT2D eigenvalue weighted by molar-refractivity contribution is 9.10. The zero-order chi connectivity index (χ0) is 13.0. The molecule has 0 saturated carbocycles. The summed E-state index contributed by atoms with van der Waals surface area (Å²) in [5.74, 6) is -1.61. The zero-order valence-corrected chi connectivity index (χ0v) is 11.3. The van der Waals surface area contributed by atoms with Crippen molar-refractivity contribution in [1.82, 2.24) is 0 Å². The number of rotatable bonds is 4. The average molecular weight is 298 g/mol. The molecule has 2 nitrogen and oxygen atoms in total. The molecule has 17 heavy (non-hydrogen) atoms. The largest absolute Gasteiger partial charge is 0.293 e. The van der Waals surface area contributed by atoms with Gasteiger partial charge in [-0.3, -0.25) is 4.79 Å². The van der Waals surface area contributed by atoms with E-state index in [1.165, 1.54) is 12.1 Å². The second-order valence-corrected chi connectivity index (χ2v) is 5.13. The first-order chi connectivity index (χ1) is 7.97. The second-order valence-electron chi connectivity index (χ2n) is 4.27. The van der Waals surface area contributed by atoms with E-state index in [0.29, 0.717) is 10.9 Å². The van der Waals surface area contributed by atoms with Gasteiger partial charge in [0.25, 0.3) is 0 Å². The highest BCUT2D eigenvalue weighted by Gasteiger charge is 2.25. The van der Waals surface area contributed by atoms with E-state index in [4.69, 9.17) is 5.26 Å². The lowest BCUT2D eigenvalue weighted by atomic mass is 9.91. The van der Waals surface area contributed by atoms with Gasteiger partial charge in [0.05, 0.1) is 11.6 Å². The molecule has 0 aliphatic heterocycles. The number of halogens is 2. The molecule has 0 aliphatic carbocycles. The van der Waals surface area contributed by atoms with E-state index in [2.05, 4.69) is 15.9 Å². The fraction of sp³-hybridized carbons (Fsp3) is 0.385. The van der Waals surface area contributed by atoms with E-state index < -0.39 is 17.5 Å². The number of nitriles is 1. The predicted molar refractivity (Wildman–Crippen MR) is 67.0 cm³/mol. The first kappa shape index (κ1) is 13.9. The van der Waals surface area contributed by atoms with Crippen LogP contribution in [0.4, 0.5) is 4.39 Å². The van der Waals surface area contributed by atoms with Crippen molar-refractivity contribution in [3.8, 4) is 6.07 Å². The van der Waals surface area contributed by atoms with Crippen LogP contribution >= 0.6 is 15.9 Å². The Bertz CT molecular complexity index is 445. The van der Waals surface area contributed by atoms with Gasteiger partial charge >= 0.3 is 0 Å². The van der Waals surface area contributed by atoms with Crippen LogP contribution in [0.1, 0.15) is 30.6 Å². The standard InChI is InChI=1S/C13H13BrFNO/c1-8(2)6-9(7-16)13(17)12-10(14)4-3-5-11(12)15/h3-5,8-9H,6H2,1-2H3. The highest BCUT2D eigenvalue weighted by atomic mass is 79.9. The van der Waals surface area contributed by atoms with E-state index in [1.807, 2.05) is 19.9 Å². The molecule has 0 aliphatic rings. The third-order valence-corrected chi connectivity index (χ3v) is 3.05. The molecule has 0 spiro atoms. The molecule has 0 radical (unpaired) electrons. The molecule has 0 saturated heterocycles. The molecule has 4 heteroatoms. The molecule has 1 unspecified atom stereocenters. The molecule has 0 heterocycles. The number of carbonyl (C=O) groups is 1. The Morgan fingerprint density at radius 1 is 1.53 bits per heavy atom. The number of ketones is 1. The Morgan fingerprint density at radius 2 is 2.18 bits per heavy atom. The molecule has 0 fully saturated rings. The minimum absolute atomic E-state index is 0.0281. The van der Waals surface area contributed by atoms with E-state index in [-0.39, 0.29) is 11.5 Å². The van der Waals surface area contributed by atoms with Crippen molar-refractivity contribution in [2.75, 3.05) is 0 Å². The fourth-order valence-corrected chi connectivity index (χ4v) is 2.13. The van der Waals surface area contributed by atoms with Gasteiger partial charge in [-0.05, 0) is 40.4 Å². The second kappa shape index (κ2) is 5.92. The molecule has 1 rings (SSSR count). The fourth-order valence-electron chi connectivity index (χ4n) is 1.60. The van der Waals surface area contributed by atoms with Crippen LogP contribution < -0.4 is 0 Å². The van der Waals surface area contributed by atoms with Crippen molar-refractivity contribution >= 4 is 21.7 Å². The Labute approximate surface area is 109 Å². The normalized spacial score (nSPS) is 12.2. The smallest absolute Gasteiger partial charge is 0.184 e. The van der Waals surface area contributed by atoms with Crippen LogP contribution in [0.5, 0.6) is 0 Å². The van der Waals surface area contributed by atoms with E-state index in [0.717, 1.165) is 0 Å². The highest BCUT2D eigenvalue weighted by Crippen LogP contribution is 2.25. The summed E-state index contributed by atoms with van der Waals surface area (Å²) in [6, 6.07) is 6.28. The van der Waals surface area contributed by atoms with Crippen LogP contribution in [0.25, 0.3) is 0 Å². The molecule has 90 valence electrons. The van der Waals surface area contributed by atoms with Crippen molar-refractivity contribution in [1.29, 1.82) is 5.26 Å². The summed E-state index contributed by atoms with van der Waals surface area (Å²) in [7, 11) is 0. The Hall–Kier alpha value is -1.21. The van der Waals surface area contributed by atoms with Crippen molar-refractivity contribution in [3.05, 3.63) is 34.1 Å². The molecular formula is C13H13BrFNO. The lowest BCUT2D eigenvalue weighted by Gasteiger charge is -2.12. The van der Waals surface area contributed by atoms with Crippen molar-refractivity contribution in [2.45, 2.75) is 20.3 Å².